The van der Waals surface area contributed by atoms with Crippen molar-refractivity contribution in [3.63, 3.8) is 0 Å². The Balaban J connectivity index is 2.49. The van der Waals surface area contributed by atoms with E-state index in [-0.39, 0.29) is 23.6 Å². The van der Waals surface area contributed by atoms with Crippen LogP contribution in [0.5, 0.6) is 0 Å². The quantitative estimate of drug-likeness (QED) is 0.521. The Kier molecular flexibility index (Phi) is 6.82. The fourth-order valence-corrected chi connectivity index (χ4v) is 2.70. The van der Waals surface area contributed by atoms with Gasteiger partial charge in [0.25, 0.3) is 0 Å². The Morgan fingerprint density at radius 3 is 2.68 bits per heavy atom. The fourth-order valence-electron chi connectivity index (χ4n) is 2.70. The van der Waals surface area contributed by atoms with Crippen LogP contribution in [-0.2, 0) is 14.3 Å². The molecule has 0 fully saturated rings. The summed E-state index contributed by atoms with van der Waals surface area (Å²) >= 11 is 0. The van der Waals surface area contributed by atoms with Gasteiger partial charge in [0.05, 0.1) is 12.5 Å². The van der Waals surface area contributed by atoms with Crippen LogP contribution >= 0.6 is 0 Å². The molecule has 2 atom stereocenters. The Morgan fingerprint density at radius 2 is 2.05 bits per heavy atom. The number of hydrogen-bond acceptors (Lipinski definition) is 3. The predicted octanol–water partition coefficient (Wildman–Crippen LogP) is 3.67. The summed E-state index contributed by atoms with van der Waals surface area (Å²) in [5.41, 5.74) is 0.863. The number of ether oxygens (including phenoxy) is 1. The number of carbonyl (C=O) groups is 2. The average Bonchev–Trinajstić information content (AvgIpc) is 2.37. The van der Waals surface area contributed by atoms with Gasteiger partial charge in [0.1, 0.15) is 0 Å². The molecule has 0 amide bonds. The predicted molar refractivity (Wildman–Crippen MR) is 75.8 cm³/mol. The van der Waals surface area contributed by atoms with Gasteiger partial charge < -0.3 is 4.74 Å². The standard InChI is InChI=1S/C16H26O3/c1-4-6-7-8-9-19-16(18)15-12(3)10-14(17)11-13(15)5-2/h10,13,15H,4-9,11H2,1-3H3. The van der Waals surface area contributed by atoms with Crippen molar-refractivity contribution in [3.8, 4) is 0 Å². The lowest BCUT2D eigenvalue weighted by Gasteiger charge is -2.28. The van der Waals surface area contributed by atoms with Gasteiger partial charge in [0.2, 0.25) is 0 Å². The van der Waals surface area contributed by atoms with Crippen molar-refractivity contribution in [2.75, 3.05) is 6.61 Å². The maximum atomic E-state index is 12.1. The molecule has 0 aromatic carbocycles. The molecule has 3 nitrogen and oxygen atoms in total. The number of rotatable bonds is 7. The van der Waals surface area contributed by atoms with Gasteiger partial charge in [0, 0.05) is 6.42 Å². The van der Waals surface area contributed by atoms with Crippen LogP contribution in [0.25, 0.3) is 0 Å². The second-order valence-electron chi connectivity index (χ2n) is 5.43. The van der Waals surface area contributed by atoms with E-state index in [1.54, 1.807) is 6.08 Å². The van der Waals surface area contributed by atoms with E-state index < -0.39 is 0 Å². The maximum absolute atomic E-state index is 12.1. The first kappa shape index (κ1) is 15.9. The number of allylic oxidation sites excluding steroid dienone is 1. The van der Waals surface area contributed by atoms with Crippen LogP contribution in [0.15, 0.2) is 11.6 Å². The second kappa shape index (κ2) is 8.13. The Morgan fingerprint density at radius 1 is 1.32 bits per heavy atom. The summed E-state index contributed by atoms with van der Waals surface area (Å²) in [5, 5.41) is 0. The summed E-state index contributed by atoms with van der Waals surface area (Å²) in [6.45, 7) is 6.55. The van der Waals surface area contributed by atoms with E-state index in [0.29, 0.717) is 13.0 Å². The molecule has 0 radical (unpaired) electrons. The third kappa shape index (κ3) is 4.81. The van der Waals surface area contributed by atoms with E-state index in [9.17, 15) is 9.59 Å². The first-order chi connectivity index (χ1) is 9.10. The van der Waals surface area contributed by atoms with E-state index in [1.807, 2.05) is 13.8 Å². The smallest absolute Gasteiger partial charge is 0.313 e. The molecule has 19 heavy (non-hydrogen) atoms. The van der Waals surface area contributed by atoms with Gasteiger partial charge in [-0.2, -0.15) is 0 Å². The van der Waals surface area contributed by atoms with Crippen molar-refractivity contribution < 1.29 is 14.3 Å². The van der Waals surface area contributed by atoms with Crippen LogP contribution in [0.4, 0.5) is 0 Å². The highest BCUT2D eigenvalue weighted by Crippen LogP contribution is 2.32. The van der Waals surface area contributed by atoms with E-state index in [4.69, 9.17) is 4.74 Å². The van der Waals surface area contributed by atoms with Crippen LogP contribution < -0.4 is 0 Å². The van der Waals surface area contributed by atoms with Gasteiger partial charge in [-0.25, -0.2) is 0 Å². The van der Waals surface area contributed by atoms with Crippen molar-refractivity contribution in [2.24, 2.45) is 11.8 Å². The molecule has 1 aliphatic carbocycles. The fraction of sp³-hybridized carbons (Fsp3) is 0.750. The third-order valence-electron chi connectivity index (χ3n) is 3.83. The van der Waals surface area contributed by atoms with Crippen LogP contribution in [0, 0.1) is 11.8 Å². The highest BCUT2D eigenvalue weighted by Gasteiger charge is 2.34. The van der Waals surface area contributed by atoms with Crippen molar-refractivity contribution in [1.82, 2.24) is 0 Å². The lowest BCUT2D eigenvalue weighted by atomic mass is 9.77. The van der Waals surface area contributed by atoms with Crippen LogP contribution in [0.3, 0.4) is 0 Å². The molecule has 3 heteroatoms. The molecule has 1 rings (SSSR count). The van der Waals surface area contributed by atoms with Gasteiger partial charge in [-0.15, -0.1) is 0 Å². The van der Waals surface area contributed by atoms with Gasteiger partial charge in [-0.05, 0) is 25.3 Å². The molecule has 0 N–H and O–H groups in total. The van der Waals surface area contributed by atoms with Crippen LogP contribution in [0.1, 0.15) is 59.3 Å². The Hall–Kier alpha value is -1.12. The number of esters is 1. The molecule has 0 aliphatic heterocycles. The molecule has 0 aromatic rings. The minimum Gasteiger partial charge on any atom is -0.465 e. The molecule has 0 saturated carbocycles. The molecule has 108 valence electrons. The summed E-state index contributed by atoms with van der Waals surface area (Å²) < 4.78 is 5.37. The van der Waals surface area contributed by atoms with Crippen molar-refractivity contribution in [1.29, 1.82) is 0 Å². The monoisotopic (exact) mass is 266 g/mol. The molecular formula is C16H26O3. The average molecular weight is 266 g/mol. The summed E-state index contributed by atoms with van der Waals surface area (Å²) in [6.07, 6.45) is 7.33. The molecule has 0 aromatic heterocycles. The highest BCUT2D eigenvalue weighted by molar-refractivity contribution is 5.94. The minimum atomic E-state index is -0.214. The normalized spacial score (nSPS) is 23.1. The Labute approximate surface area is 116 Å². The molecule has 0 bridgehead atoms. The number of unbranched alkanes of at least 4 members (excludes halogenated alkanes) is 3. The summed E-state index contributed by atoms with van der Waals surface area (Å²) in [6, 6.07) is 0. The SMILES string of the molecule is CCCCCCOC(=O)C1C(C)=CC(=O)CC1CC. The topological polar surface area (TPSA) is 43.4 Å². The zero-order valence-electron chi connectivity index (χ0n) is 12.4. The summed E-state index contributed by atoms with van der Waals surface area (Å²) in [5.74, 6) is -0.115. The van der Waals surface area contributed by atoms with Crippen molar-refractivity contribution in [2.45, 2.75) is 59.3 Å². The van der Waals surface area contributed by atoms with E-state index in [2.05, 4.69) is 6.92 Å². The van der Waals surface area contributed by atoms with E-state index >= 15 is 0 Å². The Bertz CT molecular complexity index is 344. The summed E-state index contributed by atoms with van der Waals surface area (Å²) in [7, 11) is 0. The van der Waals surface area contributed by atoms with Crippen LogP contribution in [-0.4, -0.2) is 18.4 Å². The highest BCUT2D eigenvalue weighted by atomic mass is 16.5. The first-order valence-corrected chi connectivity index (χ1v) is 7.47. The minimum absolute atomic E-state index is 0.112. The largest absolute Gasteiger partial charge is 0.465 e. The van der Waals surface area contributed by atoms with Gasteiger partial charge >= 0.3 is 5.97 Å². The lowest BCUT2D eigenvalue weighted by molar-refractivity contribution is -0.149. The van der Waals surface area contributed by atoms with Gasteiger partial charge in [-0.1, -0.05) is 45.1 Å². The molecule has 0 saturated heterocycles. The first-order valence-electron chi connectivity index (χ1n) is 7.47. The lowest BCUT2D eigenvalue weighted by Crippen LogP contribution is -2.31. The third-order valence-corrected chi connectivity index (χ3v) is 3.83. The molecule has 2 unspecified atom stereocenters. The number of carbonyl (C=O) groups excluding carboxylic acids is 2. The van der Waals surface area contributed by atoms with E-state index in [0.717, 1.165) is 24.8 Å². The second-order valence-corrected chi connectivity index (χ2v) is 5.43. The van der Waals surface area contributed by atoms with Crippen molar-refractivity contribution in [3.05, 3.63) is 11.6 Å². The number of hydrogen-bond donors (Lipinski definition) is 0. The van der Waals surface area contributed by atoms with Crippen molar-refractivity contribution >= 4 is 11.8 Å². The zero-order chi connectivity index (χ0) is 14.3. The maximum Gasteiger partial charge on any atom is 0.313 e. The van der Waals surface area contributed by atoms with E-state index in [1.165, 1.54) is 12.8 Å². The molecular weight excluding hydrogens is 240 g/mol. The summed E-state index contributed by atoms with van der Waals surface area (Å²) in [4.78, 5) is 23.7. The number of ketones is 1. The molecule has 0 heterocycles. The van der Waals surface area contributed by atoms with Gasteiger partial charge in [0.15, 0.2) is 5.78 Å². The molecule has 1 aliphatic rings. The van der Waals surface area contributed by atoms with Crippen LogP contribution in [0.2, 0.25) is 0 Å². The van der Waals surface area contributed by atoms with Gasteiger partial charge in [-0.3, -0.25) is 9.59 Å². The molecule has 0 spiro atoms. The zero-order valence-corrected chi connectivity index (χ0v) is 12.4.